The zero-order chi connectivity index (χ0) is 13.5. The summed E-state index contributed by atoms with van der Waals surface area (Å²) in [5.74, 6) is 1.00. The molecule has 3 nitrogen and oxygen atoms in total. The zero-order valence-corrected chi connectivity index (χ0v) is 12.2. The first-order valence-corrected chi connectivity index (χ1v) is 7.43. The fraction of sp³-hybridized carbons (Fsp3) is 0.625. The van der Waals surface area contributed by atoms with Crippen molar-refractivity contribution in [2.45, 2.75) is 32.2 Å². The maximum atomic E-state index is 5.86. The summed E-state index contributed by atoms with van der Waals surface area (Å²) in [6.07, 6.45) is 3.65. The Kier molecular flexibility index (Phi) is 5.67. The Morgan fingerprint density at radius 1 is 1.42 bits per heavy atom. The van der Waals surface area contributed by atoms with Gasteiger partial charge in [-0.05, 0) is 50.6 Å². The van der Waals surface area contributed by atoms with Crippen molar-refractivity contribution in [1.82, 2.24) is 10.2 Å². The zero-order valence-electron chi connectivity index (χ0n) is 12.2. The molecule has 1 unspecified atom stereocenters. The van der Waals surface area contributed by atoms with Crippen LogP contribution in [0, 0.1) is 0 Å². The Hall–Kier alpha value is -1.06. The van der Waals surface area contributed by atoms with Gasteiger partial charge in [0.15, 0.2) is 0 Å². The first kappa shape index (κ1) is 14.4. The van der Waals surface area contributed by atoms with Crippen molar-refractivity contribution in [3.8, 4) is 5.75 Å². The van der Waals surface area contributed by atoms with Crippen LogP contribution in [0.4, 0.5) is 0 Å². The van der Waals surface area contributed by atoms with E-state index >= 15 is 0 Å². The van der Waals surface area contributed by atoms with E-state index < -0.39 is 0 Å². The lowest BCUT2D eigenvalue weighted by atomic mass is 10.1. The van der Waals surface area contributed by atoms with Crippen molar-refractivity contribution in [2.24, 2.45) is 0 Å². The molecular formula is C16H26N2O. The number of likely N-dealkylation sites (N-methyl/N-ethyl adjacent to an activating group) is 1. The summed E-state index contributed by atoms with van der Waals surface area (Å²) < 4.78 is 5.86. The van der Waals surface area contributed by atoms with E-state index in [4.69, 9.17) is 4.74 Å². The average molecular weight is 262 g/mol. The van der Waals surface area contributed by atoms with E-state index in [1.54, 1.807) is 0 Å². The SMILES string of the molecule is CCc1cccc(OCCN2CCCC(NC)C2)c1. The van der Waals surface area contributed by atoms with Crippen molar-refractivity contribution in [2.75, 3.05) is 33.3 Å². The number of nitrogens with one attached hydrogen (secondary N) is 1. The maximum Gasteiger partial charge on any atom is 0.119 e. The number of ether oxygens (including phenoxy) is 1. The molecule has 0 saturated carbocycles. The summed E-state index contributed by atoms with van der Waals surface area (Å²) in [4.78, 5) is 2.49. The predicted molar refractivity (Wildman–Crippen MR) is 79.8 cm³/mol. The highest BCUT2D eigenvalue weighted by Crippen LogP contribution is 2.14. The number of likely N-dealkylation sites (tertiary alicyclic amines) is 1. The Morgan fingerprint density at radius 3 is 3.11 bits per heavy atom. The van der Waals surface area contributed by atoms with Crippen LogP contribution in [-0.2, 0) is 6.42 Å². The van der Waals surface area contributed by atoms with E-state index in [2.05, 4.69) is 42.4 Å². The van der Waals surface area contributed by atoms with Crippen molar-refractivity contribution < 1.29 is 4.74 Å². The van der Waals surface area contributed by atoms with Gasteiger partial charge in [-0.2, -0.15) is 0 Å². The van der Waals surface area contributed by atoms with Crippen molar-refractivity contribution >= 4 is 0 Å². The van der Waals surface area contributed by atoms with Crippen LogP contribution in [0.15, 0.2) is 24.3 Å². The summed E-state index contributed by atoms with van der Waals surface area (Å²) in [7, 11) is 2.06. The molecule has 0 aromatic heterocycles. The summed E-state index contributed by atoms with van der Waals surface area (Å²) in [5, 5.41) is 3.37. The summed E-state index contributed by atoms with van der Waals surface area (Å²) in [5.41, 5.74) is 1.34. The molecule has 1 aromatic carbocycles. The largest absolute Gasteiger partial charge is 0.492 e. The quantitative estimate of drug-likeness (QED) is 0.851. The number of aryl methyl sites for hydroxylation is 1. The van der Waals surface area contributed by atoms with Gasteiger partial charge in [0.05, 0.1) is 0 Å². The van der Waals surface area contributed by atoms with Crippen molar-refractivity contribution in [3.63, 3.8) is 0 Å². The Labute approximate surface area is 116 Å². The molecule has 0 spiro atoms. The molecule has 1 atom stereocenters. The lowest BCUT2D eigenvalue weighted by Crippen LogP contribution is -2.45. The minimum Gasteiger partial charge on any atom is -0.492 e. The van der Waals surface area contributed by atoms with E-state index in [0.29, 0.717) is 6.04 Å². The van der Waals surface area contributed by atoms with Gasteiger partial charge in [-0.25, -0.2) is 0 Å². The van der Waals surface area contributed by atoms with Gasteiger partial charge in [0.1, 0.15) is 12.4 Å². The highest BCUT2D eigenvalue weighted by Gasteiger charge is 2.17. The van der Waals surface area contributed by atoms with Gasteiger partial charge in [0.25, 0.3) is 0 Å². The van der Waals surface area contributed by atoms with Crippen LogP contribution in [-0.4, -0.2) is 44.2 Å². The molecular weight excluding hydrogens is 236 g/mol. The molecule has 0 bridgehead atoms. The molecule has 19 heavy (non-hydrogen) atoms. The van der Waals surface area contributed by atoms with Crippen LogP contribution in [0.1, 0.15) is 25.3 Å². The van der Waals surface area contributed by atoms with E-state index in [1.165, 1.54) is 24.9 Å². The molecule has 2 rings (SSSR count). The van der Waals surface area contributed by atoms with Gasteiger partial charge in [0.2, 0.25) is 0 Å². The third-order valence-electron chi connectivity index (χ3n) is 3.90. The molecule has 0 radical (unpaired) electrons. The smallest absolute Gasteiger partial charge is 0.119 e. The van der Waals surface area contributed by atoms with Crippen molar-refractivity contribution in [1.29, 1.82) is 0 Å². The number of benzene rings is 1. The van der Waals surface area contributed by atoms with Gasteiger partial charge in [-0.1, -0.05) is 19.1 Å². The van der Waals surface area contributed by atoms with E-state index in [0.717, 1.165) is 31.9 Å². The van der Waals surface area contributed by atoms with Crippen LogP contribution in [0.3, 0.4) is 0 Å². The normalized spacial score (nSPS) is 20.4. The molecule has 1 aliphatic rings. The molecule has 1 aliphatic heterocycles. The second kappa shape index (κ2) is 7.51. The minimum atomic E-state index is 0.650. The molecule has 1 N–H and O–H groups in total. The van der Waals surface area contributed by atoms with Crippen LogP contribution >= 0.6 is 0 Å². The first-order valence-electron chi connectivity index (χ1n) is 7.43. The number of rotatable bonds is 6. The number of hydrogen-bond acceptors (Lipinski definition) is 3. The maximum absolute atomic E-state index is 5.86. The van der Waals surface area contributed by atoms with Crippen molar-refractivity contribution in [3.05, 3.63) is 29.8 Å². The molecule has 1 aromatic rings. The average Bonchev–Trinajstić information content (AvgIpc) is 2.48. The lowest BCUT2D eigenvalue weighted by molar-refractivity contribution is 0.162. The van der Waals surface area contributed by atoms with Crippen LogP contribution < -0.4 is 10.1 Å². The topological polar surface area (TPSA) is 24.5 Å². The molecule has 1 fully saturated rings. The monoisotopic (exact) mass is 262 g/mol. The Morgan fingerprint density at radius 2 is 2.32 bits per heavy atom. The van der Waals surface area contributed by atoms with Crippen LogP contribution in [0.2, 0.25) is 0 Å². The van der Waals surface area contributed by atoms with Gasteiger partial charge in [-0.15, -0.1) is 0 Å². The fourth-order valence-electron chi connectivity index (χ4n) is 2.64. The highest BCUT2D eigenvalue weighted by molar-refractivity contribution is 5.28. The third kappa shape index (κ3) is 4.51. The fourth-order valence-corrected chi connectivity index (χ4v) is 2.64. The second-order valence-corrected chi connectivity index (χ2v) is 5.28. The standard InChI is InChI=1S/C16H26N2O/c1-3-14-6-4-8-16(12-14)19-11-10-18-9-5-7-15(13-18)17-2/h4,6,8,12,15,17H,3,5,7,9-11,13H2,1-2H3. The second-order valence-electron chi connectivity index (χ2n) is 5.28. The van der Waals surface area contributed by atoms with E-state index in [-0.39, 0.29) is 0 Å². The van der Waals surface area contributed by atoms with Gasteiger partial charge < -0.3 is 10.1 Å². The summed E-state index contributed by atoms with van der Waals surface area (Å²) in [6.45, 7) is 6.33. The molecule has 0 amide bonds. The number of hydrogen-bond donors (Lipinski definition) is 1. The van der Waals surface area contributed by atoms with Crippen LogP contribution in [0.5, 0.6) is 5.75 Å². The Bertz CT molecular complexity index is 381. The predicted octanol–water partition coefficient (Wildman–Crippen LogP) is 2.31. The molecule has 1 heterocycles. The van der Waals surface area contributed by atoms with Gasteiger partial charge in [0, 0.05) is 19.1 Å². The van der Waals surface area contributed by atoms with E-state index in [1.807, 2.05) is 6.07 Å². The molecule has 0 aliphatic carbocycles. The summed E-state index contributed by atoms with van der Waals surface area (Å²) in [6, 6.07) is 9.07. The lowest BCUT2D eigenvalue weighted by Gasteiger charge is -2.32. The number of nitrogens with zero attached hydrogens (tertiary/aromatic N) is 1. The third-order valence-corrected chi connectivity index (χ3v) is 3.90. The number of piperidine rings is 1. The summed E-state index contributed by atoms with van der Waals surface area (Å²) >= 11 is 0. The molecule has 3 heteroatoms. The molecule has 106 valence electrons. The van der Waals surface area contributed by atoms with Crippen LogP contribution in [0.25, 0.3) is 0 Å². The first-order chi connectivity index (χ1) is 9.31. The van der Waals surface area contributed by atoms with Gasteiger partial charge >= 0.3 is 0 Å². The van der Waals surface area contributed by atoms with E-state index in [9.17, 15) is 0 Å². The highest BCUT2D eigenvalue weighted by atomic mass is 16.5. The van der Waals surface area contributed by atoms with Gasteiger partial charge in [-0.3, -0.25) is 4.90 Å². The Balaban J connectivity index is 1.73. The molecule has 1 saturated heterocycles. The minimum absolute atomic E-state index is 0.650.